The fourth-order valence-electron chi connectivity index (χ4n) is 2.04. The minimum atomic E-state index is -0.129. The van der Waals surface area contributed by atoms with E-state index in [0.29, 0.717) is 19.5 Å². The normalized spacial score (nSPS) is 17.1. The Morgan fingerprint density at radius 3 is 2.41 bits per heavy atom. The number of amides is 2. The maximum Gasteiger partial charge on any atom is 0.239 e. The summed E-state index contributed by atoms with van der Waals surface area (Å²) in [6.07, 6.45) is 4.56. The van der Waals surface area contributed by atoms with Crippen molar-refractivity contribution in [2.45, 2.75) is 39.0 Å². The van der Waals surface area contributed by atoms with Crippen molar-refractivity contribution in [3.63, 3.8) is 0 Å². The van der Waals surface area contributed by atoms with Crippen molar-refractivity contribution in [1.29, 1.82) is 0 Å². The van der Waals surface area contributed by atoms with Crippen LogP contribution in [0.5, 0.6) is 0 Å². The van der Waals surface area contributed by atoms with Gasteiger partial charge in [-0.3, -0.25) is 9.59 Å². The predicted octanol–water partition coefficient (Wildman–Crippen LogP) is 0.148. The number of carbonyl (C=O) groups excluding carboxylic acids is 2. The van der Waals surface area contributed by atoms with Crippen molar-refractivity contribution >= 4 is 11.8 Å². The molecule has 1 aliphatic carbocycles. The van der Waals surface area contributed by atoms with Crippen LogP contribution in [0.3, 0.4) is 0 Å². The lowest BCUT2D eigenvalue weighted by Crippen LogP contribution is -2.44. The SMILES string of the molecule is CCCNC(=O)CNC(=O)CC1(CN)CCC1. The van der Waals surface area contributed by atoms with Gasteiger partial charge in [0.1, 0.15) is 0 Å². The standard InChI is InChI=1S/C12H23N3O2/c1-2-6-14-11(17)8-15-10(16)7-12(9-13)4-3-5-12/h2-9,13H2,1H3,(H,14,17)(H,15,16). The molecule has 0 aliphatic heterocycles. The number of carbonyl (C=O) groups is 2. The molecule has 5 nitrogen and oxygen atoms in total. The van der Waals surface area contributed by atoms with Crippen LogP contribution in [0.25, 0.3) is 0 Å². The Kier molecular flexibility index (Phi) is 5.41. The van der Waals surface area contributed by atoms with Gasteiger partial charge in [0.15, 0.2) is 0 Å². The molecule has 5 heteroatoms. The lowest BCUT2D eigenvalue weighted by atomic mass is 9.66. The summed E-state index contributed by atoms with van der Waals surface area (Å²) in [5.41, 5.74) is 5.68. The van der Waals surface area contributed by atoms with E-state index in [4.69, 9.17) is 5.73 Å². The molecule has 0 saturated heterocycles. The molecule has 17 heavy (non-hydrogen) atoms. The molecule has 98 valence electrons. The molecule has 1 rings (SSSR count). The third-order valence-electron chi connectivity index (χ3n) is 3.40. The molecule has 0 aromatic rings. The Morgan fingerprint density at radius 1 is 1.24 bits per heavy atom. The highest BCUT2D eigenvalue weighted by Crippen LogP contribution is 2.42. The first-order valence-electron chi connectivity index (χ1n) is 6.35. The lowest BCUT2D eigenvalue weighted by molar-refractivity contribution is -0.128. The summed E-state index contributed by atoms with van der Waals surface area (Å²) >= 11 is 0. The van der Waals surface area contributed by atoms with E-state index in [-0.39, 0.29) is 23.8 Å². The minimum absolute atomic E-state index is 0.00395. The van der Waals surface area contributed by atoms with Crippen molar-refractivity contribution in [1.82, 2.24) is 10.6 Å². The molecule has 0 bridgehead atoms. The van der Waals surface area contributed by atoms with Crippen molar-refractivity contribution in [3.8, 4) is 0 Å². The quantitative estimate of drug-likeness (QED) is 0.593. The zero-order chi connectivity index (χ0) is 12.7. The summed E-state index contributed by atoms with van der Waals surface area (Å²) in [5.74, 6) is -0.197. The Balaban J connectivity index is 2.18. The van der Waals surface area contributed by atoms with Gasteiger partial charge in [0.25, 0.3) is 0 Å². The lowest BCUT2D eigenvalue weighted by Gasteiger charge is -2.40. The molecule has 0 atom stereocenters. The first-order valence-corrected chi connectivity index (χ1v) is 6.35. The summed E-state index contributed by atoms with van der Waals surface area (Å²) in [7, 11) is 0. The molecule has 1 aliphatic rings. The van der Waals surface area contributed by atoms with E-state index in [0.717, 1.165) is 25.7 Å². The molecule has 0 unspecified atom stereocenters. The molecule has 4 N–H and O–H groups in total. The number of nitrogens with one attached hydrogen (secondary N) is 2. The summed E-state index contributed by atoms with van der Waals surface area (Å²) in [6.45, 7) is 3.27. The number of hydrogen-bond acceptors (Lipinski definition) is 3. The molecule has 1 saturated carbocycles. The predicted molar refractivity (Wildman–Crippen MR) is 66.3 cm³/mol. The molecule has 2 amide bonds. The number of nitrogens with two attached hydrogens (primary N) is 1. The maximum atomic E-state index is 11.6. The first-order chi connectivity index (χ1) is 8.12. The van der Waals surface area contributed by atoms with E-state index in [1.807, 2.05) is 6.92 Å². The van der Waals surface area contributed by atoms with Gasteiger partial charge in [0.05, 0.1) is 6.54 Å². The highest BCUT2D eigenvalue weighted by molar-refractivity contribution is 5.84. The molecule has 1 fully saturated rings. The highest BCUT2D eigenvalue weighted by atomic mass is 16.2. The van der Waals surface area contributed by atoms with Crippen molar-refractivity contribution < 1.29 is 9.59 Å². The van der Waals surface area contributed by atoms with Gasteiger partial charge in [-0.2, -0.15) is 0 Å². The summed E-state index contributed by atoms with van der Waals surface area (Å²) in [6, 6.07) is 0. The van der Waals surface area contributed by atoms with Gasteiger partial charge >= 0.3 is 0 Å². The van der Waals surface area contributed by atoms with E-state index < -0.39 is 0 Å². The van der Waals surface area contributed by atoms with E-state index >= 15 is 0 Å². The second-order valence-electron chi connectivity index (χ2n) is 4.86. The number of rotatable bonds is 7. The second kappa shape index (κ2) is 6.59. The molecular formula is C12H23N3O2. The zero-order valence-corrected chi connectivity index (χ0v) is 10.6. The molecule has 0 aromatic heterocycles. The van der Waals surface area contributed by atoms with Crippen LogP contribution in [-0.4, -0.2) is 31.4 Å². The van der Waals surface area contributed by atoms with Gasteiger partial charge in [-0.25, -0.2) is 0 Å². The van der Waals surface area contributed by atoms with Gasteiger partial charge in [-0.1, -0.05) is 13.3 Å². The summed E-state index contributed by atoms with van der Waals surface area (Å²) in [5, 5.41) is 5.36. The van der Waals surface area contributed by atoms with Crippen LogP contribution in [0, 0.1) is 5.41 Å². The van der Waals surface area contributed by atoms with Gasteiger partial charge in [0.2, 0.25) is 11.8 Å². The monoisotopic (exact) mass is 241 g/mol. The molecule has 0 aromatic carbocycles. The minimum Gasteiger partial charge on any atom is -0.355 e. The van der Waals surface area contributed by atoms with E-state index in [2.05, 4.69) is 10.6 Å². The van der Waals surface area contributed by atoms with E-state index in [1.54, 1.807) is 0 Å². The number of hydrogen-bond donors (Lipinski definition) is 3. The fourth-order valence-corrected chi connectivity index (χ4v) is 2.04. The zero-order valence-electron chi connectivity index (χ0n) is 10.6. The van der Waals surface area contributed by atoms with Crippen LogP contribution >= 0.6 is 0 Å². The largest absolute Gasteiger partial charge is 0.355 e. The summed E-state index contributed by atoms with van der Waals surface area (Å²) < 4.78 is 0. The third kappa shape index (κ3) is 4.34. The smallest absolute Gasteiger partial charge is 0.239 e. The highest BCUT2D eigenvalue weighted by Gasteiger charge is 2.37. The van der Waals surface area contributed by atoms with Crippen molar-refractivity contribution in [2.24, 2.45) is 11.1 Å². The van der Waals surface area contributed by atoms with Crippen LogP contribution in [0.1, 0.15) is 39.0 Å². The van der Waals surface area contributed by atoms with Crippen molar-refractivity contribution in [2.75, 3.05) is 19.6 Å². The van der Waals surface area contributed by atoms with E-state index in [9.17, 15) is 9.59 Å². The second-order valence-corrected chi connectivity index (χ2v) is 4.86. The first kappa shape index (κ1) is 14.0. The molecular weight excluding hydrogens is 218 g/mol. The maximum absolute atomic E-state index is 11.6. The van der Waals surface area contributed by atoms with Crippen LogP contribution in [0.2, 0.25) is 0 Å². The van der Waals surface area contributed by atoms with Gasteiger partial charge in [-0.05, 0) is 31.2 Å². The summed E-state index contributed by atoms with van der Waals surface area (Å²) in [4.78, 5) is 22.9. The van der Waals surface area contributed by atoms with Gasteiger partial charge in [0, 0.05) is 13.0 Å². The third-order valence-corrected chi connectivity index (χ3v) is 3.40. The Labute approximate surface area is 103 Å². The van der Waals surface area contributed by atoms with Gasteiger partial charge < -0.3 is 16.4 Å². The van der Waals surface area contributed by atoms with Crippen LogP contribution in [0.4, 0.5) is 0 Å². The molecule has 0 heterocycles. The molecule has 0 radical (unpaired) electrons. The fraction of sp³-hybridized carbons (Fsp3) is 0.833. The van der Waals surface area contributed by atoms with Crippen LogP contribution < -0.4 is 16.4 Å². The Bertz CT molecular complexity index is 269. The Morgan fingerprint density at radius 2 is 1.94 bits per heavy atom. The van der Waals surface area contributed by atoms with Crippen LogP contribution in [0.15, 0.2) is 0 Å². The average molecular weight is 241 g/mol. The van der Waals surface area contributed by atoms with Gasteiger partial charge in [-0.15, -0.1) is 0 Å². The average Bonchev–Trinajstić information content (AvgIpc) is 2.28. The van der Waals surface area contributed by atoms with Crippen molar-refractivity contribution in [3.05, 3.63) is 0 Å². The Hall–Kier alpha value is -1.10. The topological polar surface area (TPSA) is 84.2 Å². The molecule has 0 spiro atoms. The van der Waals surface area contributed by atoms with E-state index in [1.165, 1.54) is 0 Å². The van der Waals surface area contributed by atoms with Crippen LogP contribution in [-0.2, 0) is 9.59 Å².